The van der Waals surface area contributed by atoms with Crippen LogP contribution in [-0.4, -0.2) is 45.6 Å². The van der Waals surface area contributed by atoms with Crippen LogP contribution in [0.1, 0.15) is 12.7 Å². The van der Waals surface area contributed by atoms with Gasteiger partial charge in [0.2, 0.25) is 0 Å². The van der Waals surface area contributed by atoms with Gasteiger partial charge in [-0.3, -0.25) is 0 Å². The maximum absolute atomic E-state index is 12.4. The van der Waals surface area contributed by atoms with Crippen molar-refractivity contribution >= 4 is 11.4 Å². The Bertz CT molecular complexity index is 997. The molecule has 1 aliphatic heterocycles. The summed E-state index contributed by atoms with van der Waals surface area (Å²) >= 11 is 0. The summed E-state index contributed by atoms with van der Waals surface area (Å²) in [7, 11) is 0. The van der Waals surface area contributed by atoms with E-state index in [1.54, 1.807) is 16.7 Å². The molecule has 1 fully saturated rings. The van der Waals surface area contributed by atoms with Crippen LogP contribution in [0.25, 0.3) is 5.69 Å². The maximum atomic E-state index is 12.4. The Balaban J connectivity index is 1.46. The molecule has 2 aromatic carbocycles. The number of phenolic OH excluding ortho intramolecular Hbond substituents is 1. The van der Waals surface area contributed by atoms with Crippen LogP contribution in [0, 0.1) is 6.92 Å². The number of anilines is 2. The number of aromatic hydroxyl groups is 1. The monoisotopic (exact) mass is 379 g/mol. The van der Waals surface area contributed by atoms with Gasteiger partial charge in [-0.15, -0.1) is 0 Å². The van der Waals surface area contributed by atoms with Crippen molar-refractivity contribution in [2.45, 2.75) is 20.4 Å². The van der Waals surface area contributed by atoms with E-state index in [9.17, 15) is 9.90 Å². The van der Waals surface area contributed by atoms with Crippen molar-refractivity contribution in [1.29, 1.82) is 0 Å². The number of nitrogens with zero attached hydrogens (tertiary/aromatic N) is 5. The van der Waals surface area contributed by atoms with E-state index in [0.29, 0.717) is 18.1 Å². The van der Waals surface area contributed by atoms with Crippen molar-refractivity contribution in [1.82, 2.24) is 14.3 Å². The third-order valence-corrected chi connectivity index (χ3v) is 5.27. The fourth-order valence-corrected chi connectivity index (χ4v) is 3.72. The SMILES string of the molecule is CCn1nc(C)n(-c2ccc(N3CCN(c4ccc(O)cc4)CC3)cc2)c1=O. The average Bonchev–Trinajstić information content (AvgIpc) is 3.02. The number of aromatic nitrogens is 3. The molecule has 28 heavy (non-hydrogen) atoms. The van der Waals surface area contributed by atoms with E-state index < -0.39 is 0 Å². The Kier molecular flexibility index (Phi) is 4.81. The first-order valence-electron chi connectivity index (χ1n) is 9.62. The minimum absolute atomic E-state index is 0.102. The van der Waals surface area contributed by atoms with Crippen molar-refractivity contribution in [2.75, 3.05) is 36.0 Å². The molecule has 2 heterocycles. The van der Waals surface area contributed by atoms with Crippen molar-refractivity contribution in [3.63, 3.8) is 0 Å². The van der Waals surface area contributed by atoms with Gasteiger partial charge in [0.15, 0.2) is 0 Å². The molecule has 0 unspecified atom stereocenters. The number of aryl methyl sites for hydroxylation is 2. The van der Waals surface area contributed by atoms with Gasteiger partial charge in [-0.2, -0.15) is 5.10 Å². The Morgan fingerprint density at radius 2 is 1.32 bits per heavy atom. The Morgan fingerprint density at radius 1 is 0.857 bits per heavy atom. The van der Waals surface area contributed by atoms with E-state index in [4.69, 9.17) is 0 Å². The third-order valence-electron chi connectivity index (χ3n) is 5.27. The first-order valence-corrected chi connectivity index (χ1v) is 9.62. The highest BCUT2D eigenvalue weighted by atomic mass is 16.3. The van der Waals surface area contributed by atoms with Crippen LogP contribution in [0.5, 0.6) is 5.75 Å². The van der Waals surface area contributed by atoms with Crippen LogP contribution in [-0.2, 0) is 6.54 Å². The molecule has 4 rings (SSSR count). The largest absolute Gasteiger partial charge is 0.508 e. The van der Waals surface area contributed by atoms with Gasteiger partial charge >= 0.3 is 5.69 Å². The molecule has 1 N–H and O–H groups in total. The van der Waals surface area contributed by atoms with Gasteiger partial charge in [0.1, 0.15) is 11.6 Å². The molecule has 0 radical (unpaired) electrons. The maximum Gasteiger partial charge on any atom is 0.350 e. The number of piperazine rings is 1. The molecule has 1 saturated heterocycles. The second kappa shape index (κ2) is 7.42. The first kappa shape index (κ1) is 18.2. The summed E-state index contributed by atoms with van der Waals surface area (Å²) in [5.74, 6) is 0.989. The summed E-state index contributed by atoms with van der Waals surface area (Å²) in [5, 5.41) is 13.7. The first-order chi connectivity index (χ1) is 13.6. The summed E-state index contributed by atoms with van der Waals surface area (Å²) < 4.78 is 3.13. The number of hydrogen-bond acceptors (Lipinski definition) is 5. The molecule has 0 amide bonds. The van der Waals surface area contributed by atoms with Crippen molar-refractivity contribution in [3.8, 4) is 11.4 Å². The van der Waals surface area contributed by atoms with Gasteiger partial charge < -0.3 is 14.9 Å². The van der Waals surface area contributed by atoms with Crippen LogP contribution in [0.3, 0.4) is 0 Å². The van der Waals surface area contributed by atoms with Crippen LogP contribution >= 0.6 is 0 Å². The minimum atomic E-state index is -0.102. The lowest BCUT2D eigenvalue weighted by Gasteiger charge is -2.37. The van der Waals surface area contributed by atoms with Gasteiger partial charge in [-0.1, -0.05) is 0 Å². The van der Waals surface area contributed by atoms with Gasteiger partial charge in [0, 0.05) is 44.1 Å². The van der Waals surface area contributed by atoms with Crippen LogP contribution in [0.2, 0.25) is 0 Å². The lowest BCUT2D eigenvalue weighted by Crippen LogP contribution is -2.46. The van der Waals surface area contributed by atoms with Crippen LogP contribution in [0.4, 0.5) is 11.4 Å². The predicted octanol–water partition coefficient (Wildman–Crippen LogP) is 2.39. The summed E-state index contributed by atoms with van der Waals surface area (Å²) in [6.45, 7) is 8.03. The molecule has 0 saturated carbocycles. The van der Waals surface area contributed by atoms with Crippen LogP contribution < -0.4 is 15.5 Å². The zero-order valence-electron chi connectivity index (χ0n) is 16.2. The predicted molar refractivity (Wildman–Crippen MR) is 111 cm³/mol. The second-order valence-corrected chi connectivity index (χ2v) is 6.99. The van der Waals surface area contributed by atoms with E-state index in [0.717, 1.165) is 43.2 Å². The Hall–Kier alpha value is -3.22. The van der Waals surface area contributed by atoms with Crippen molar-refractivity contribution < 1.29 is 5.11 Å². The second-order valence-electron chi connectivity index (χ2n) is 6.99. The molecular formula is C21H25N5O2. The quantitative estimate of drug-likeness (QED) is 0.754. The molecule has 1 aromatic heterocycles. The summed E-state index contributed by atoms with van der Waals surface area (Å²) in [6, 6.07) is 15.5. The third kappa shape index (κ3) is 3.35. The molecule has 146 valence electrons. The summed E-state index contributed by atoms with van der Waals surface area (Å²) in [6.07, 6.45) is 0. The summed E-state index contributed by atoms with van der Waals surface area (Å²) in [5.41, 5.74) is 3.03. The molecule has 0 atom stereocenters. The van der Waals surface area contributed by atoms with E-state index >= 15 is 0 Å². The number of rotatable bonds is 4. The fraction of sp³-hybridized carbons (Fsp3) is 0.333. The topological polar surface area (TPSA) is 66.5 Å². The molecule has 0 aliphatic carbocycles. The lowest BCUT2D eigenvalue weighted by atomic mass is 10.2. The zero-order valence-corrected chi connectivity index (χ0v) is 16.2. The molecule has 7 nitrogen and oxygen atoms in total. The van der Waals surface area contributed by atoms with E-state index in [1.807, 2.05) is 38.1 Å². The molecular weight excluding hydrogens is 354 g/mol. The normalized spacial score (nSPS) is 14.5. The highest BCUT2D eigenvalue weighted by Crippen LogP contribution is 2.23. The molecule has 7 heteroatoms. The highest BCUT2D eigenvalue weighted by molar-refractivity contribution is 5.54. The Labute approximate surface area is 164 Å². The van der Waals surface area contributed by atoms with E-state index in [2.05, 4.69) is 27.0 Å². The standard InChI is InChI=1S/C21H25N5O2/c1-3-25-21(28)26(16(2)22-25)19-6-4-17(5-7-19)23-12-14-24(15-13-23)18-8-10-20(27)11-9-18/h4-11,27H,3,12-15H2,1-2H3. The fourth-order valence-electron chi connectivity index (χ4n) is 3.72. The van der Waals surface area contributed by atoms with E-state index in [-0.39, 0.29) is 5.69 Å². The van der Waals surface area contributed by atoms with Gasteiger partial charge in [-0.05, 0) is 62.4 Å². The molecule has 3 aromatic rings. The zero-order chi connectivity index (χ0) is 19.7. The summed E-state index contributed by atoms with van der Waals surface area (Å²) in [4.78, 5) is 17.1. The Morgan fingerprint density at radius 3 is 1.79 bits per heavy atom. The lowest BCUT2D eigenvalue weighted by molar-refractivity contribution is 0.475. The van der Waals surface area contributed by atoms with Crippen molar-refractivity contribution in [3.05, 3.63) is 64.8 Å². The smallest absolute Gasteiger partial charge is 0.350 e. The van der Waals surface area contributed by atoms with Crippen LogP contribution in [0.15, 0.2) is 53.3 Å². The van der Waals surface area contributed by atoms with Crippen molar-refractivity contribution in [2.24, 2.45) is 0 Å². The highest BCUT2D eigenvalue weighted by Gasteiger charge is 2.18. The van der Waals surface area contributed by atoms with E-state index in [1.165, 1.54) is 4.68 Å². The molecule has 1 aliphatic rings. The number of benzene rings is 2. The van der Waals surface area contributed by atoms with Gasteiger partial charge in [-0.25, -0.2) is 14.0 Å². The average molecular weight is 379 g/mol. The molecule has 0 bridgehead atoms. The van der Waals surface area contributed by atoms with Gasteiger partial charge in [0.05, 0.1) is 5.69 Å². The number of hydrogen-bond donors (Lipinski definition) is 1. The van der Waals surface area contributed by atoms with Gasteiger partial charge in [0.25, 0.3) is 0 Å². The minimum Gasteiger partial charge on any atom is -0.508 e. The molecule has 0 spiro atoms. The number of phenols is 1.